The molecule has 0 saturated heterocycles. The predicted octanol–water partition coefficient (Wildman–Crippen LogP) is 1.89. The highest BCUT2D eigenvalue weighted by Crippen LogP contribution is 2.11. The minimum absolute atomic E-state index is 0.219. The standard InChI is InChI=1S/C15H26N2O3S/c1-13(2)20-10-5-4-9-17-21(18,19)15-8-6-7-14(11-15)12-16-3/h6-8,11,13,16-17H,4-5,9-10,12H2,1-3H3. The van der Waals surface area contributed by atoms with E-state index in [0.29, 0.717) is 24.6 Å². The Balaban J connectivity index is 2.44. The normalized spacial score (nSPS) is 12.0. The molecular formula is C15H26N2O3S. The van der Waals surface area contributed by atoms with E-state index in [0.717, 1.165) is 18.4 Å². The van der Waals surface area contributed by atoms with Crippen LogP contribution in [0.2, 0.25) is 0 Å². The fourth-order valence-corrected chi connectivity index (χ4v) is 3.01. The Morgan fingerprint density at radius 2 is 2.00 bits per heavy atom. The van der Waals surface area contributed by atoms with Crippen LogP contribution in [0.4, 0.5) is 0 Å². The van der Waals surface area contributed by atoms with E-state index in [1.807, 2.05) is 27.0 Å². The number of sulfonamides is 1. The molecule has 1 aromatic rings. The van der Waals surface area contributed by atoms with Gasteiger partial charge in [-0.05, 0) is 51.4 Å². The first-order chi connectivity index (χ1) is 9.95. The van der Waals surface area contributed by atoms with Crippen LogP contribution in [-0.2, 0) is 21.3 Å². The lowest BCUT2D eigenvalue weighted by Gasteiger charge is -2.09. The third-order valence-corrected chi connectivity index (χ3v) is 4.36. The van der Waals surface area contributed by atoms with E-state index in [-0.39, 0.29) is 6.10 Å². The van der Waals surface area contributed by atoms with E-state index in [1.165, 1.54) is 0 Å². The summed E-state index contributed by atoms with van der Waals surface area (Å²) in [6.07, 6.45) is 1.83. The molecule has 0 aliphatic rings. The summed E-state index contributed by atoms with van der Waals surface area (Å²) in [6, 6.07) is 6.97. The molecule has 1 aromatic carbocycles. The van der Waals surface area contributed by atoms with Gasteiger partial charge in [-0.3, -0.25) is 0 Å². The first-order valence-corrected chi connectivity index (χ1v) is 8.79. The third kappa shape index (κ3) is 7.04. The average molecular weight is 314 g/mol. The second-order valence-electron chi connectivity index (χ2n) is 5.20. The lowest BCUT2D eigenvalue weighted by atomic mass is 10.2. The highest BCUT2D eigenvalue weighted by molar-refractivity contribution is 7.89. The summed E-state index contributed by atoms with van der Waals surface area (Å²) in [5.41, 5.74) is 0.950. The Morgan fingerprint density at radius 3 is 2.67 bits per heavy atom. The predicted molar refractivity (Wildman–Crippen MR) is 84.7 cm³/mol. The van der Waals surface area contributed by atoms with Crippen molar-refractivity contribution in [2.75, 3.05) is 20.2 Å². The first-order valence-electron chi connectivity index (χ1n) is 7.30. The van der Waals surface area contributed by atoms with Crippen LogP contribution in [0, 0.1) is 0 Å². The van der Waals surface area contributed by atoms with Gasteiger partial charge in [0.15, 0.2) is 0 Å². The van der Waals surface area contributed by atoms with E-state index >= 15 is 0 Å². The fourth-order valence-electron chi connectivity index (χ4n) is 1.86. The van der Waals surface area contributed by atoms with E-state index in [1.54, 1.807) is 18.2 Å². The van der Waals surface area contributed by atoms with Gasteiger partial charge >= 0.3 is 0 Å². The Kier molecular flexibility index (Phi) is 7.88. The zero-order chi connectivity index (χ0) is 15.7. The molecule has 0 amide bonds. The second kappa shape index (κ2) is 9.15. The van der Waals surface area contributed by atoms with Gasteiger partial charge in [-0.15, -0.1) is 0 Å². The second-order valence-corrected chi connectivity index (χ2v) is 6.97. The lowest BCUT2D eigenvalue weighted by molar-refractivity contribution is 0.0762. The van der Waals surface area contributed by atoms with Crippen LogP contribution in [0.25, 0.3) is 0 Å². The van der Waals surface area contributed by atoms with Crippen LogP contribution < -0.4 is 10.0 Å². The first kappa shape index (κ1) is 18.1. The van der Waals surface area contributed by atoms with E-state index in [4.69, 9.17) is 4.74 Å². The van der Waals surface area contributed by atoms with E-state index < -0.39 is 10.0 Å². The number of nitrogens with one attached hydrogen (secondary N) is 2. The Morgan fingerprint density at radius 1 is 1.24 bits per heavy atom. The summed E-state index contributed by atoms with van der Waals surface area (Å²) in [5.74, 6) is 0. The molecule has 0 fully saturated rings. The molecule has 0 atom stereocenters. The van der Waals surface area contributed by atoms with Crippen molar-refractivity contribution in [1.29, 1.82) is 0 Å². The van der Waals surface area contributed by atoms with Crippen molar-refractivity contribution in [2.24, 2.45) is 0 Å². The number of unbranched alkanes of at least 4 members (excludes halogenated alkanes) is 1. The van der Waals surface area contributed by atoms with Gasteiger partial charge in [0.1, 0.15) is 0 Å². The molecule has 0 aromatic heterocycles. The maximum absolute atomic E-state index is 12.2. The molecular weight excluding hydrogens is 288 g/mol. The number of rotatable bonds is 10. The van der Waals surface area contributed by atoms with Crippen molar-refractivity contribution >= 4 is 10.0 Å². The smallest absolute Gasteiger partial charge is 0.240 e. The largest absolute Gasteiger partial charge is 0.379 e. The number of hydrogen-bond acceptors (Lipinski definition) is 4. The van der Waals surface area contributed by atoms with Crippen LogP contribution in [0.1, 0.15) is 32.3 Å². The molecule has 6 heteroatoms. The zero-order valence-corrected chi connectivity index (χ0v) is 13.9. The molecule has 0 saturated carbocycles. The van der Waals surface area contributed by atoms with Crippen LogP contribution in [0.15, 0.2) is 29.2 Å². The SMILES string of the molecule is CNCc1cccc(S(=O)(=O)NCCCCOC(C)C)c1. The lowest BCUT2D eigenvalue weighted by Crippen LogP contribution is -2.25. The van der Waals surface area contributed by atoms with Gasteiger partial charge in [-0.2, -0.15) is 0 Å². The van der Waals surface area contributed by atoms with Crippen molar-refractivity contribution in [3.63, 3.8) is 0 Å². The molecule has 0 bridgehead atoms. The summed E-state index contributed by atoms with van der Waals surface area (Å²) in [4.78, 5) is 0.314. The van der Waals surface area contributed by atoms with E-state index in [2.05, 4.69) is 10.0 Å². The number of ether oxygens (including phenoxy) is 1. The van der Waals surface area contributed by atoms with Gasteiger partial charge in [0, 0.05) is 19.7 Å². The number of hydrogen-bond donors (Lipinski definition) is 2. The molecule has 0 radical (unpaired) electrons. The maximum Gasteiger partial charge on any atom is 0.240 e. The van der Waals surface area contributed by atoms with Gasteiger partial charge in [0.2, 0.25) is 10.0 Å². The molecule has 0 unspecified atom stereocenters. The Hall–Kier alpha value is -0.950. The molecule has 0 aliphatic carbocycles. The van der Waals surface area contributed by atoms with Crippen LogP contribution >= 0.6 is 0 Å². The monoisotopic (exact) mass is 314 g/mol. The van der Waals surface area contributed by atoms with Gasteiger partial charge in [-0.1, -0.05) is 12.1 Å². The van der Waals surface area contributed by atoms with Crippen LogP contribution in [-0.4, -0.2) is 34.7 Å². The average Bonchev–Trinajstić information content (AvgIpc) is 2.43. The van der Waals surface area contributed by atoms with Crippen molar-refractivity contribution in [3.05, 3.63) is 29.8 Å². The van der Waals surface area contributed by atoms with Gasteiger partial charge in [0.05, 0.1) is 11.0 Å². The summed E-state index contributed by atoms with van der Waals surface area (Å²) in [5, 5.41) is 3.01. The Bertz CT molecular complexity index is 515. The highest BCUT2D eigenvalue weighted by atomic mass is 32.2. The summed E-state index contributed by atoms with van der Waals surface area (Å²) in [6.45, 7) is 5.72. The molecule has 0 aliphatic heterocycles. The molecule has 0 spiro atoms. The van der Waals surface area contributed by atoms with Gasteiger partial charge in [0.25, 0.3) is 0 Å². The van der Waals surface area contributed by atoms with Crippen molar-refractivity contribution in [2.45, 2.75) is 44.2 Å². The molecule has 2 N–H and O–H groups in total. The molecule has 5 nitrogen and oxygen atoms in total. The van der Waals surface area contributed by atoms with Crippen molar-refractivity contribution in [1.82, 2.24) is 10.0 Å². The van der Waals surface area contributed by atoms with Crippen LogP contribution in [0.5, 0.6) is 0 Å². The van der Waals surface area contributed by atoms with Crippen LogP contribution in [0.3, 0.4) is 0 Å². The minimum Gasteiger partial charge on any atom is -0.379 e. The van der Waals surface area contributed by atoms with Gasteiger partial charge < -0.3 is 10.1 Å². The van der Waals surface area contributed by atoms with Crippen molar-refractivity contribution < 1.29 is 13.2 Å². The molecule has 1 rings (SSSR count). The highest BCUT2D eigenvalue weighted by Gasteiger charge is 2.13. The topological polar surface area (TPSA) is 67.4 Å². The van der Waals surface area contributed by atoms with Gasteiger partial charge in [-0.25, -0.2) is 13.1 Å². The minimum atomic E-state index is -3.42. The molecule has 120 valence electrons. The molecule has 21 heavy (non-hydrogen) atoms. The summed E-state index contributed by atoms with van der Waals surface area (Å²) >= 11 is 0. The summed E-state index contributed by atoms with van der Waals surface area (Å²) < 4.78 is 32.4. The summed E-state index contributed by atoms with van der Waals surface area (Å²) in [7, 11) is -1.59. The zero-order valence-electron chi connectivity index (χ0n) is 13.1. The Labute approximate surface area is 128 Å². The third-order valence-electron chi connectivity index (χ3n) is 2.90. The molecule has 0 heterocycles. The van der Waals surface area contributed by atoms with Crippen molar-refractivity contribution in [3.8, 4) is 0 Å². The van der Waals surface area contributed by atoms with E-state index in [9.17, 15) is 8.42 Å². The maximum atomic E-state index is 12.2. The number of benzene rings is 1. The fraction of sp³-hybridized carbons (Fsp3) is 0.600. The quantitative estimate of drug-likeness (QED) is 0.647.